The number of rotatable bonds is 3. The lowest BCUT2D eigenvalue weighted by molar-refractivity contribution is 0.0396. The number of aromatic hydroxyl groups is 1. The van der Waals surface area contributed by atoms with E-state index in [-0.39, 0.29) is 5.56 Å². The maximum Gasteiger partial charge on any atom is 0.335 e. The average molecular weight is 344 g/mol. The smallest absolute Gasteiger partial charge is 0.335 e. The van der Waals surface area contributed by atoms with Crippen molar-refractivity contribution < 1.29 is 9.84 Å². The molecule has 0 spiro atoms. The van der Waals surface area contributed by atoms with Crippen molar-refractivity contribution in [3.05, 3.63) is 55.7 Å². The van der Waals surface area contributed by atoms with Crippen molar-refractivity contribution in [2.24, 2.45) is 5.10 Å². The fourth-order valence-electron chi connectivity index (χ4n) is 2.57. The van der Waals surface area contributed by atoms with Gasteiger partial charge in [0, 0.05) is 0 Å². The monoisotopic (exact) mass is 344 g/mol. The van der Waals surface area contributed by atoms with Crippen molar-refractivity contribution in [3.63, 3.8) is 0 Å². The highest BCUT2D eigenvalue weighted by Crippen LogP contribution is 2.18. The lowest BCUT2D eigenvalue weighted by Gasteiger charge is -2.23. The molecule has 1 fully saturated rings. The third-order valence-corrected chi connectivity index (χ3v) is 4.21. The molecule has 3 rings (SSSR count). The quantitative estimate of drug-likeness (QED) is 0.791. The number of benzene rings is 1. The van der Waals surface area contributed by atoms with Gasteiger partial charge in [-0.05, 0) is 37.1 Å². The number of aromatic amines is 1. The SMILES string of the molecule is Cc1ccc(-n2c(O)c(C=NN3CCOCC3)c(=O)[nH]c2=O)cc1C. The maximum atomic E-state index is 12.2. The first kappa shape index (κ1) is 17.0. The van der Waals surface area contributed by atoms with Gasteiger partial charge >= 0.3 is 5.69 Å². The highest BCUT2D eigenvalue weighted by atomic mass is 16.5. The zero-order valence-corrected chi connectivity index (χ0v) is 14.2. The molecule has 2 N–H and O–H groups in total. The van der Waals surface area contributed by atoms with Crippen LogP contribution in [0.15, 0.2) is 32.9 Å². The summed E-state index contributed by atoms with van der Waals surface area (Å²) in [6.45, 7) is 6.18. The lowest BCUT2D eigenvalue weighted by Crippen LogP contribution is -2.34. The van der Waals surface area contributed by atoms with Crippen molar-refractivity contribution in [1.82, 2.24) is 14.6 Å². The standard InChI is InChI=1S/C17H20N4O4/c1-11-3-4-13(9-12(11)2)21-16(23)14(15(22)19-17(21)24)10-18-20-5-7-25-8-6-20/h3-4,9-10,23H,5-8H2,1-2H3,(H,19,22,24). The molecule has 1 aliphatic rings. The van der Waals surface area contributed by atoms with Crippen LogP contribution in [-0.2, 0) is 4.74 Å². The topological polar surface area (TPSA) is 99.9 Å². The molecule has 2 aromatic rings. The predicted molar refractivity (Wildman–Crippen MR) is 93.8 cm³/mol. The average Bonchev–Trinajstić information content (AvgIpc) is 2.58. The van der Waals surface area contributed by atoms with Gasteiger partial charge in [0.05, 0.1) is 38.2 Å². The van der Waals surface area contributed by atoms with E-state index in [1.807, 2.05) is 19.9 Å². The minimum absolute atomic E-state index is 0.0654. The summed E-state index contributed by atoms with van der Waals surface area (Å²) in [5.41, 5.74) is 1.06. The normalized spacial score (nSPS) is 15.0. The van der Waals surface area contributed by atoms with Gasteiger partial charge < -0.3 is 9.84 Å². The lowest BCUT2D eigenvalue weighted by atomic mass is 10.1. The summed E-state index contributed by atoms with van der Waals surface area (Å²) in [7, 11) is 0. The molecule has 8 heteroatoms. The van der Waals surface area contributed by atoms with E-state index in [9.17, 15) is 14.7 Å². The maximum absolute atomic E-state index is 12.2. The third kappa shape index (κ3) is 3.48. The molecule has 0 aliphatic carbocycles. The third-order valence-electron chi connectivity index (χ3n) is 4.21. The van der Waals surface area contributed by atoms with Crippen LogP contribution >= 0.6 is 0 Å². The molecule has 0 unspecified atom stereocenters. The fourth-order valence-corrected chi connectivity index (χ4v) is 2.57. The Kier molecular flexibility index (Phi) is 4.71. The van der Waals surface area contributed by atoms with Gasteiger partial charge in [-0.1, -0.05) is 6.07 Å². The molecular formula is C17H20N4O4. The fraction of sp³-hybridized carbons (Fsp3) is 0.353. The Labute approximate surface area is 144 Å². The number of H-pyrrole nitrogens is 1. The Morgan fingerprint density at radius 1 is 1.20 bits per heavy atom. The highest BCUT2D eigenvalue weighted by Gasteiger charge is 2.15. The van der Waals surface area contributed by atoms with Crippen LogP contribution in [0.4, 0.5) is 0 Å². The van der Waals surface area contributed by atoms with Crippen LogP contribution in [0, 0.1) is 13.8 Å². The predicted octanol–water partition coefficient (Wildman–Crippen LogP) is 0.514. The Morgan fingerprint density at radius 2 is 1.92 bits per heavy atom. The molecule has 0 amide bonds. The van der Waals surface area contributed by atoms with Crippen molar-refractivity contribution >= 4 is 6.21 Å². The summed E-state index contributed by atoms with van der Waals surface area (Å²) in [5.74, 6) is -0.436. The molecule has 0 bridgehead atoms. The number of nitrogens with one attached hydrogen (secondary N) is 1. The Bertz CT molecular complexity index is 923. The number of nitrogens with zero attached hydrogens (tertiary/aromatic N) is 3. The second-order valence-corrected chi connectivity index (χ2v) is 5.91. The summed E-state index contributed by atoms with van der Waals surface area (Å²) in [6, 6.07) is 5.34. The zero-order valence-electron chi connectivity index (χ0n) is 14.2. The van der Waals surface area contributed by atoms with Crippen LogP contribution in [0.25, 0.3) is 5.69 Å². The van der Waals surface area contributed by atoms with Crippen molar-refractivity contribution in [3.8, 4) is 11.6 Å². The van der Waals surface area contributed by atoms with Gasteiger partial charge in [0.2, 0.25) is 5.88 Å². The van der Waals surface area contributed by atoms with Crippen LogP contribution in [-0.4, -0.2) is 52.2 Å². The summed E-state index contributed by atoms with van der Waals surface area (Å²) < 4.78 is 6.30. The largest absolute Gasteiger partial charge is 0.493 e. The van der Waals surface area contributed by atoms with Crippen molar-refractivity contribution in [2.75, 3.05) is 26.3 Å². The van der Waals surface area contributed by atoms with E-state index in [1.54, 1.807) is 17.1 Å². The molecule has 0 atom stereocenters. The molecule has 0 radical (unpaired) electrons. The zero-order chi connectivity index (χ0) is 18.0. The summed E-state index contributed by atoms with van der Waals surface area (Å²) >= 11 is 0. The van der Waals surface area contributed by atoms with E-state index in [4.69, 9.17) is 4.74 Å². The number of aryl methyl sites for hydroxylation is 2. The van der Waals surface area contributed by atoms with Gasteiger partial charge in [-0.2, -0.15) is 5.10 Å². The van der Waals surface area contributed by atoms with Crippen LogP contribution in [0.2, 0.25) is 0 Å². The number of hydrogen-bond acceptors (Lipinski definition) is 6. The first-order chi connectivity index (χ1) is 12.0. The molecule has 25 heavy (non-hydrogen) atoms. The molecule has 132 valence electrons. The van der Waals surface area contributed by atoms with Gasteiger partial charge in [-0.25, -0.2) is 9.36 Å². The number of ether oxygens (including phenoxy) is 1. The van der Waals surface area contributed by atoms with Gasteiger partial charge in [0.15, 0.2) is 0 Å². The Balaban J connectivity index is 2.05. The van der Waals surface area contributed by atoms with Gasteiger partial charge in [-0.15, -0.1) is 0 Å². The number of hydrazone groups is 1. The van der Waals surface area contributed by atoms with E-state index in [1.165, 1.54) is 6.21 Å². The number of aromatic nitrogens is 2. The number of morpholine rings is 1. The van der Waals surface area contributed by atoms with E-state index >= 15 is 0 Å². The van der Waals surface area contributed by atoms with E-state index < -0.39 is 17.1 Å². The minimum atomic E-state index is -0.700. The first-order valence-electron chi connectivity index (χ1n) is 8.00. The second kappa shape index (κ2) is 6.94. The second-order valence-electron chi connectivity index (χ2n) is 5.91. The van der Waals surface area contributed by atoms with E-state index in [2.05, 4.69) is 10.1 Å². The first-order valence-corrected chi connectivity index (χ1v) is 8.00. The van der Waals surface area contributed by atoms with Crippen LogP contribution in [0.3, 0.4) is 0 Å². The Hall–Kier alpha value is -2.87. The van der Waals surface area contributed by atoms with Gasteiger partial charge in [0.25, 0.3) is 5.56 Å². The molecule has 0 saturated carbocycles. The van der Waals surface area contributed by atoms with Crippen LogP contribution in [0.1, 0.15) is 16.7 Å². The Morgan fingerprint density at radius 3 is 2.60 bits per heavy atom. The molecule has 1 aromatic carbocycles. The molecule has 1 aliphatic heterocycles. The summed E-state index contributed by atoms with van der Waals surface area (Å²) in [6.07, 6.45) is 1.27. The molecule has 1 saturated heterocycles. The molecule has 8 nitrogen and oxygen atoms in total. The van der Waals surface area contributed by atoms with Crippen molar-refractivity contribution in [2.45, 2.75) is 13.8 Å². The molecular weight excluding hydrogens is 324 g/mol. The molecule has 1 aromatic heterocycles. The summed E-state index contributed by atoms with van der Waals surface area (Å²) in [4.78, 5) is 26.5. The number of hydrogen-bond donors (Lipinski definition) is 2. The summed E-state index contributed by atoms with van der Waals surface area (Å²) in [5, 5.41) is 16.5. The van der Waals surface area contributed by atoms with Gasteiger partial charge in [-0.3, -0.25) is 14.8 Å². The van der Waals surface area contributed by atoms with E-state index in [0.29, 0.717) is 32.0 Å². The van der Waals surface area contributed by atoms with Gasteiger partial charge in [0.1, 0.15) is 5.56 Å². The van der Waals surface area contributed by atoms with E-state index in [0.717, 1.165) is 15.7 Å². The van der Waals surface area contributed by atoms with Crippen LogP contribution in [0.5, 0.6) is 5.88 Å². The minimum Gasteiger partial charge on any atom is -0.493 e. The van der Waals surface area contributed by atoms with Crippen molar-refractivity contribution in [1.29, 1.82) is 0 Å². The van der Waals surface area contributed by atoms with Crippen LogP contribution < -0.4 is 11.2 Å². The highest BCUT2D eigenvalue weighted by molar-refractivity contribution is 5.82. The molecule has 2 heterocycles.